The number of nitro groups is 1. The molecule has 2 aliphatic heterocycles. The molecule has 134 valence electrons. The van der Waals surface area contributed by atoms with E-state index in [1.165, 1.54) is 0 Å². The molecule has 11 heteroatoms. The third-order valence-corrected chi connectivity index (χ3v) is 5.29. The van der Waals surface area contributed by atoms with Crippen molar-refractivity contribution in [2.24, 2.45) is 0 Å². The summed E-state index contributed by atoms with van der Waals surface area (Å²) in [5, 5.41) is 27.5. The van der Waals surface area contributed by atoms with Gasteiger partial charge in [-0.15, -0.1) is 0 Å². The maximum absolute atomic E-state index is 13.0. The van der Waals surface area contributed by atoms with Crippen molar-refractivity contribution in [3.63, 3.8) is 0 Å². The van der Waals surface area contributed by atoms with E-state index in [0.717, 1.165) is 11.5 Å². The van der Waals surface area contributed by atoms with E-state index in [4.69, 9.17) is 12.2 Å². The van der Waals surface area contributed by atoms with Crippen molar-refractivity contribution in [2.45, 2.75) is 7.43 Å². The Balaban J connectivity index is 0.00000208. The number of H-pyrrole nitrogens is 1. The van der Waals surface area contributed by atoms with Crippen LogP contribution in [0.4, 0.5) is 17.5 Å². The minimum atomic E-state index is -0.635. The molecule has 1 aromatic rings. The number of anilines is 1. The van der Waals surface area contributed by atoms with Crippen LogP contribution >= 0.6 is 24.0 Å². The Morgan fingerprint density at radius 1 is 1.29 bits per heavy atom. The maximum atomic E-state index is 13.0. The van der Waals surface area contributed by atoms with Crippen LogP contribution in [0, 0.1) is 20.0 Å². The second-order valence-corrected chi connectivity index (χ2v) is 7.12. The molecule has 3 rings (SSSR count). The fourth-order valence-corrected chi connectivity index (χ4v) is 3.95. The largest absolute Gasteiger partial charge is 0.625 e. The molecule has 9 nitrogen and oxygen atoms in total. The van der Waals surface area contributed by atoms with E-state index in [9.17, 15) is 15.3 Å². The molecule has 0 radical (unpaired) electrons. The second-order valence-electron chi connectivity index (χ2n) is 5.51. The van der Waals surface area contributed by atoms with Crippen LogP contribution in [-0.4, -0.2) is 65.7 Å². The number of thioether (sulfide) groups is 1. The molecule has 3 heterocycles. The maximum Gasteiger partial charge on any atom is 0.346 e. The summed E-state index contributed by atoms with van der Waals surface area (Å²) in [6.45, 7) is 3.18. The quantitative estimate of drug-likeness (QED) is 0.270. The van der Waals surface area contributed by atoms with Crippen LogP contribution in [0.1, 0.15) is 7.43 Å². The third kappa shape index (κ3) is 3.70. The summed E-state index contributed by atoms with van der Waals surface area (Å²) in [5.41, 5.74) is -0.211. The molecule has 0 bridgehead atoms. The average molecular weight is 374 g/mol. The van der Waals surface area contributed by atoms with Crippen LogP contribution < -0.4 is 14.9 Å². The van der Waals surface area contributed by atoms with Crippen LogP contribution in [0.25, 0.3) is 0 Å². The van der Waals surface area contributed by atoms with Gasteiger partial charge in [-0.1, -0.05) is 19.6 Å². The minimum Gasteiger partial charge on any atom is -0.625 e. The molecule has 24 heavy (non-hydrogen) atoms. The van der Waals surface area contributed by atoms with Crippen molar-refractivity contribution in [1.82, 2.24) is 19.9 Å². The minimum absolute atomic E-state index is 0. The van der Waals surface area contributed by atoms with E-state index in [-0.39, 0.29) is 23.7 Å². The fraction of sp³-hybridized carbons (Fsp3) is 0.692. The molecule has 0 atom stereocenters. The van der Waals surface area contributed by atoms with E-state index in [1.54, 1.807) is 11.8 Å². The van der Waals surface area contributed by atoms with Crippen molar-refractivity contribution in [2.75, 3.05) is 55.7 Å². The number of quaternary nitrogens is 1. The van der Waals surface area contributed by atoms with Gasteiger partial charge in [-0.2, -0.15) is 16.7 Å². The highest BCUT2D eigenvalue weighted by Crippen LogP contribution is 2.32. The fourth-order valence-electron chi connectivity index (χ4n) is 2.78. The Kier molecular flexibility index (Phi) is 6.15. The highest BCUT2D eigenvalue weighted by Gasteiger charge is 2.32. The summed E-state index contributed by atoms with van der Waals surface area (Å²) in [7, 11) is 0. The van der Waals surface area contributed by atoms with Crippen molar-refractivity contribution < 1.29 is 4.92 Å². The summed E-state index contributed by atoms with van der Waals surface area (Å²) in [6.07, 6.45) is 0. The molecule has 0 aromatic carbocycles. The zero-order chi connectivity index (χ0) is 16.4. The van der Waals surface area contributed by atoms with Gasteiger partial charge in [0.05, 0.1) is 18.0 Å². The highest BCUT2D eigenvalue weighted by atomic mass is 32.2. The first kappa shape index (κ1) is 19.1. The van der Waals surface area contributed by atoms with Gasteiger partial charge in [0.25, 0.3) is 0 Å². The molecule has 0 saturated carbocycles. The average Bonchev–Trinajstić information content (AvgIpc) is 2.55. The third-order valence-electron chi connectivity index (χ3n) is 4.06. The van der Waals surface area contributed by atoms with Crippen molar-refractivity contribution in [1.29, 1.82) is 0 Å². The molecular weight excluding hydrogens is 352 g/mol. The summed E-state index contributed by atoms with van der Waals surface area (Å²) < 4.78 is -0.756. The molecule has 0 unspecified atom stereocenters. The molecule has 0 amide bonds. The van der Waals surface area contributed by atoms with Gasteiger partial charge >= 0.3 is 11.6 Å². The predicted molar refractivity (Wildman–Crippen MR) is 100 cm³/mol. The number of nitrogens with one attached hydrogen (secondary N) is 2. The number of hydrogen-bond acceptors (Lipinski definition) is 8. The van der Waals surface area contributed by atoms with Gasteiger partial charge in [-0.05, 0) is 0 Å². The van der Waals surface area contributed by atoms with E-state index in [2.05, 4.69) is 15.3 Å². The van der Waals surface area contributed by atoms with Crippen LogP contribution in [-0.2, 0) is 0 Å². The summed E-state index contributed by atoms with van der Waals surface area (Å²) in [4.78, 5) is 19.8. The molecule has 0 aliphatic carbocycles. The zero-order valence-corrected chi connectivity index (χ0v) is 14.1. The van der Waals surface area contributed by atoms with Crippen molar-refractivity contribution in [3.05, 3.63) is 20.0 Å². The van der Waals surface area contributed by atoms with Gasteiger partial charge in [0.2, 0.25) is 4.64 Å². The smallest absolute Gasteiger partial charge is 0.346 e. The molecule has 2 saturated heterocycles. The van der Waals surface area contributed by atoms with Gasteiger partial charge in [0.1, 0.15) is 0 Å². The van der Waals surface area contributed by atoms with Crippen molar-refractivity contribution >= 4 is 41.4 Å². The summed E-state index contributed by atoms with van der Waals surface area (Å²) in [6, 6.07) is 0. The number of hydroxylamine groups is 2. The molecule has 2 aliphatic rings. The number of nitrogens with zero attached hydrogens (tertiary/aromatic N) is 4. The van der Waals surface area contributed by atoms with Gasteiger partial charge in [0, 0.05) is 37.7 Å². The highest BCUT2D eigenvalue weighted by molar-refractivity contribution is 7.99. The number of rotatable bonds is 3. The lowest BCUT2D eigenvalue weighted by Crippen LogP contribution is -2.56. The van der Waals surface area contributed by atoms with Crippen molar-refractivity contribution in [3.8, 4) is 0 Å². The Morgan fingerprint density at radius 3 is 2.50 bits per heavy atom. The lowest BCUT2D eigenvalue weighted by atomic mass is 10.3. The molecular formula is C13H22N6O3S2. The van der Waals surface area contributed by atoms with E-state index in [1.807, 2.05) is 4.90 Å². The van der Waals surface area contributed by atoms with Gasteiger partial charge < -0.3 is 15.4 Å². The first-order valence-corrected chi connectivity index (χ1v) is 8.98. The van der Waals surface area contributed by atoms with Crippen LogP contribution in [0.15, 0.2) is 0 Å². The number of piperazine rings is 1. The predicted octanol–water partition coefficient (Wildman–Crippen LogP) is 1.64. The molecule has 0 spiro atoms. The Labute approximate surface area is 149 Å². The number of hydrogen-bond donors (Lipinski definition) is 2. The lowest BCUT2D eigenvalue weighted by Gasteiger charge is -2.43. The van der Waals surface area contributed by atoms with E-state index < -0.39 is 9.57 Å². The summed E-state index contributed by atoms with van der Waals surface area (Å²) in [5.74, 6) is 2.25. The van der Waals surface area contributed by atoms with Gasteiger partial charge in [-0.3, -0.25) is 19.7 Å². The van der Waals surface area contributed by atoms with Crippen LogP contribution in [0.3, 0.4) is 0 Å². The lowest BCUT2D eigenvalue weighted by molar-refractivity contribution is -0.385. The first-order valence-electron chi connectivity index (χ1n) is 7.42. The second kappa shape index (κ2) is 7.74. The SMILES string of the molecule is C.O=[N+]([O-])c1c(N2CCSCC2)[nH]c([N+]2([O-])CCNCC2)nc1=S. The number of aromatic nitrogens is 2. The molecule has 1 aromatic heterocycles. The van der Waals surface area contributed by atoms with Crippen LogP contribution in [0.5, 0.6) is 0 Å². The van der Waals surface area contributed by atoms with Gasteiger partial charge in [0.15, 0.2) is 5.82 Å². The van der Waals surface area contributed by atoms with Crippen LogP contribution in [0.2, 0.25) is 0 Å². The Bertz CT molecular complexity index is 656. The Morgan fingerprint density at radius 2 is 1.92 bits per heavy atom. The first-order chi connectivity index (χ1) is 11.0. The Hall–Kier alpha value is -1.27. The number of aromatic amines is 1. The standard InChI is InChI=1S/C12H18N6O3S2.CH4/c19-17(20)9-10(16-3-7-23-8-4-16)14-12(15-11(9)22)18(21)5-1-13-2-6-18;/h13H,1-8H2,(H,14,15,22);1H4. The summed E-state index contributed by atoms with van der Waals surface area (Å²) >= 11 is 6.92. The van der Waals surface area contributed by atoms with E-state index in [0.29, 0.717) is 45.1 Å². The topological polar surface area (TPSA) is 110 Å². The normalized spacial score (nSPS) is 20.3. The molecule has 2 N–H and O–H groups in total. The monoisotopic (exact) mass is 374 g/mol. The molecule has 2 fully saturated rings. The zero-order valence-electron chi connectivity index (χ0n) is 12.5. The van der Waals surface area contributed by atoms with E-state index >= 15 is 0 Å². The van der Waals surface area contributed by atoms with Gasteiger partial charge in [-0.25, -0.2) is 0 Å².